The predicted molar refractivity (Wildman–Crippen MR) is 101 cm³/mol. The highest BCUT2D eigenvalue weighted by Crippen LogP contribution is 2.23. The number of imidazole rings is 1. The molecule has 0 bridgehead atoms. The van der Waals surface area contributed by atoms with Gasteiger partial charge in [-0.05, 0) is 18.2 Å². The molecule has 1 aliphatic rings. The average Bonchev–Trinajstić information content (AvgIpc) is 3.02. The summed E-state index contributed by atoms with van der Waals surface area (Å²) in [7, 11) is 0. The summed E-state index contributed by atoms with van der Waals surface area (Å²) >= 11 is 0. The van der Waals surface area contributed by atoms with Crippen molar-refractivity contribution in [3.05, 3.63) is 42.6 Å². The summed E-state index contributed by atoms with van der Waals surface area (Å²) in [5.74, 6) is 1.61. The normalized spacial score (nSPS) is 13.6. The highest BCUT2D eigenvalue weighted by atomic mass is 16.5. The molecule has 1 fully saturated rings. The Labute approximate surface area is 159 Å². The fourth-order valence-electron chi connectivity index (χ4n) is 2.62. The molecule has 3 N–H and O–H groups in total. The smallest absolute Gasteiger partial charge is 0.320 e. The fraction of sp³-hybridized carbons (Fsp3) is 0.222. The van der Waals surface area contributed by atoms with Gasteiger partial charge in [-0.2, -0.15) is 0 Å². The van der Waals surface area contributed by atoms with E-state index in [1.807, 2.05) is 0 Å². The molecule has 0 atom stereocenters. The summed E-state index contributed by atoms with van der Waals surface area (Å²) in [6.45, 7) is 1.92. The highest BCUT2D eigenvalue weighted by molar-refractivity contribution is 5.88. The highest BCUT2D eigenvalue weighted by Gasteiger charge is 2.19. The van der Waals surface area contributed by atoms with E-state index in [0.717, 1.165) is 0 Å². The lowest BCUT2D eigenvalue weighted by molar-refractivity contribution is -0.105. The van der Waals surface area contributed by atoms with Gasteiger partial charge in [-0.3, -0.25) is 10.1 Å². The van der Waals surface area contributed by atoms with Crippen LogP contribution >= 0.6 is 0 Å². The molecular weight excluding hydrogens is 364 g/mol. The maximum absolute atomic E-state index is 11.9. The van der Waals surface area contributed by atoms with E-state index in [0.29, 0.717) is 60.9 Å². The quantitative estimate of drug-likeness (QED) is 0.537. The molecule has 1 aliphatic heterocycles. The molecular formula is C18H18N6O4. The minimum atomic E-state index is -0.328. The molecule has 0 spiro atoms. The maximum atomic E-state index is 11.9. The Morgan fingerprint density at radius 1 is 1.32 bits per heavy atom. The van der Waals surface area contributed by atoms with Crippen molar-refractivity contribution in [3.63, 3.8) is 0 Å². The van der Waals surface area contributed by atoms with Gasteiger partial charge in [0.15, 0.2) is 11.5 Å². The van der Waals surface area contributed by atoms with Crippen LogP contribution in [0.3, 0.4) is 0 Å². The van der Waals surface area contributed by atoms with Crippen LogP contribution in [0.4, 0.5) is 16.3 Å². The van der Waals surface area contributed by atoms with Crippen molar-refractivity contribution in [1.82, 2.24) is 19.9 Å². The van der Waals surface area contributed by atoms with Crippen molar-refractivity contribution in [2.75, 3.05) is 30.4 Å². The van der Waals surface area contributed by atoms with E-state index in [-0.39, 0.29) is 6.03 Å². The van der Waals surface area contributed by atoms with Crippen molar-refractivity contribution in [3.8, 4) is 11.6 Å². The Balaban J connectivity index is 1.41. The molecule has 28 heavy (non-hydrogen) atoms. The number of hydrogen-bond acceptors (Lipinski definition) is 6. The fourth-order valence-corrected chi connectivity index (χ4v) is 2.62. The minimum Gasteiger partial charge on any atom is -0.438 e. The standard InChI is InChI=1S/C18H18N6O4/c25-11-20-13-2-1-3-14(6-13)28-17-5-4-16-21-15(8-24(16)23-17)22-18(26)19-7-12-9-27-10-12/h1-6,8,11-12H,7,9-10H2,(H,20,25)(H2,19,22,26). The Bertz CT molecular complexity index is 1000. The summed E-state index contributed by atoms with van der Waals surface area (Å²) in [5, 5.41) is 12.3. The first kappa shape index (κ1) is 17.7. The number of fused-ring (bicyclic) bond motifs is 1. The first-order valence-electron chi connectivity index (χ1n) is 8.67. The number of urea groups is 1. The summed E-state index contributed by atoms with van der Waals surface area (Å²) < 4.78 is 12.3. The molecule has 0 aliphatic carbocycles. The average molecular weight is 382 g/mol. The lowest BCUT2D eigenvalue weighted by Gasteiger charge is -2.25. The number of nitrogens with one attached hydrogen (secondary N) is 3. The zero-order valence-electron chi connectivity index (χ0n) is 14.8. The number of benzene rings is 1. The van der Waals surface area contributed by atoms with Gasteiger partial charge < -0.3 is 20.1 Å². The van der Waals surface area contributed by atoms with Crippen molar-refractivity contribution in [2.24, 2.45) is 5.92 Å². The van der Waals surface area contributed by atoms with Crippen LogP contribution in [0.15, 0.2) is 42.6 Å². The molecule has 4 rings (SSSR count). The van der Waals surface area contributed by atoms with Gasteiger partial charge >= 0.3 is 6.03 Å². The number of aromatic nitrogens is 3. The summed E-state index contributed by atoms with van der Waals surface area (Å²) in [5.41, 5.74) is 1.17. The zero-order chi connectivity index (χ0) is 19.3. The number of carbonyl (C=O) groups is 2. The van der Waals surface area contributed by atoms with Gasteiger partial charge in [-0.15, -0.1) is 5.10 Å². The molecule has 3 amide bonds. The Morgan fingerprint density at radius 2 is 2.21 bits per heavy atom. The molecule has 3 aromatic rings. The molecule has 2 aromatic heterocycles. The van der Waals surface area contributed by atoms with Crippen molar-refractivity contribution in [1.29, 1.82) is 0 Å². The molecule has 10 heteroatoms. The third-order valence-corrected chi connectivity index (χ3v) is 4.08. The van der Waals surface area contributed by atoms with Crippen molar-refractivity contribution < 1.29 is 19.1 Å². The number of anilines is 2. The molecule has 1 aromatic carbocycles. The van der Waals surface area contributed by atoms with E-state index in [9.17, 15) is 9.59 Å². The molecule has 0 saturated carbocycles. The summed E-state index contributed by atoms with van der Waals surface area (Å²) in [4.78, 5) is 26.8. The SMILES string of the molecule is O=CNc1cccc(Oc2ccc3nc(NC(=O)NCC4COC4)cn3n2)c1. The maximum Gasteiger partial charge on any atom is 0.320 e. The summed E-state index contributed by atoms with van der Waals surface area (Å²) in [6, 6.07) is 10.0. The van der Waals surface area contributed by atoms with Gasteiger partial charge in [0.1, 0.15) is 5.75 Å². The van der Waals surface area contributed by atoms with Gasteiger partial charge in [0.25, 0.3) is 0 Å². The number of hydrogen-bond donors (Lipinski definition) is 3. The molecule has 144 valence electrons. The van der Waals surface area contributed by atoms with E-state index in [1.165, 1.54) is 4.52 Å². The van der Waals surface area contributed by atoms with Crippen LogP contribution in [-0.4, -0.2) is 46.8 Å². The molecule has 0 radical (unpaired) electrons. The van der Waals surface area contributed by atoms with Gasteiger partial charge in [0.05, 0.1) is 19.4 Å². The lowest BCUT2D eigenvalue weighted by atomic mass is 10.1. The summed E-state index contributed by atoms with van der Waals surface area (Å²) in [6.07, 6.45) is 2.19. The van der Waals surface area contributed by atoms with Crippen LogP contribution in [0, 0.1) is 5.92 Å². The monoisotopic (exact) mass is 382 g/mol. The van der Waals surface area contributed by atoms with Crippen molar-refractivity contribution >= 4 is 29.6 Å². The first-order chi connectivity index (χ1) is 13.7. The topological polar surface area (TPSA) is 119 Å². The number of nitrogens with zero attached hydrogens (tertiary/aromatic N) is 3. The van der Waals surface area contributed by atoms with Gasteiger partial charge in [0, 0.05) is 30.3 Å². The number of rotatable bonds is 7. The van der Waals surface area contributed by atoms with Crippen LogP contribution in [0.2, 0.25) is 0 Å². The minimum absolute atomic E-state index is 0.328. The van der Waals surface area contributed by atoms with E-state index >= 15 is 0 Å². The predicted octanol–water partition coefficient (Wildman–Crippen LogP) is 1.86. The number of carbonyl (C=O) groups excluding carboxylic acids is 2. The molecule has 1 saturated heterocycles. The van der Waals surface area contributed by atoms with Crippen LogP contribution in [0.25, 0.3) is 5.65 Å². The molecule has 3 heterocycles. The van der Waals surface area contributed by atoms with E-state index < -0.39 is 0 Å². The lowest BCUT2D eigenvalue weighted by Crippen LogP contribution is -2.40. The molecule has 10 nitrogen and oxygen atoms in total. The number of ether oxygens (including phenoxy) is 2. The van der Waals surface area contributed by atoms with Crippen LogP contribution in [0.1, 0.15) is 0 Å². The van der Waals surface area contributed by atoms with Crippen LogP contribution in [0.5, 0.6) is 11.6 Å². The van der Waals surface area contributed by atoms with Crippen LogP contribution in [-0.2, 0) is 9.53 Å². The Kier molecular flexibility index (Phi) is 5.02. The van der Waals surface area contributed by atoms with Gasteiger partial charge in [-0.1, -0.05) is 6.07 Å². The second kappa shape index (κ2) is 7.92. The van der Waals surface area contributed by atoms with Gasteiger partial charge in [-0.25, -0.2) is 14.3 Å². The number of amides is 3. The van der Waals surface area contributed by atoms with Crippen LogP contribution < -0.4 is 20.7 Å². The van der Waals surface area contributed by atoms with E-state index in [4.69, 9.17) is 9.47 Å². The van der Waals surface area contributed by atoms with E-state index in [2.05, 4.69) is 26.0 Å². The van der Waals surface area contributed by atoms with E-state index in [1.54, 1.807) is 42.6 Å². The van der Waals surface area contributed by atoms with Crippen molar-refractivity contribution in [2.45, 2.75) is 0 Å². The second-order valence-corrected chi connectivity index (χ2v) is 6.23. The third kappa shape index (κ3) is 4.18. The first-order valence-corrected chi connectivity index (χ1v) is 8.67. The third-order valence-electron chi connectivity index (χ3n) is 4.08. The Morgan fingerprint density at radius 3 is 3.00 bits per heavy atom. The molecule has 0 unspecified atom stereocenters. The Hall–Kier alpha value is -3.66. The second-order valence-electron chi connectivity index (χ2n) is 6.23. The largest absolute Gasteiger partial charge is 0.438 e. The van der Waals surface area contributed by atoms with Gasteiger partial charge in [0.2, 0.25) is 12.3 Å². The zero-order valence-corrected chi connectivity index (χ0v) is 14.8.